The molecule has 0 bridgehead atoms. The summed E-state index contributed by atoms with van der Waals surface area (Å²) in [6.45, 7) is 5.12. The Morgan fingerprint density at radius 3 is 2.88 bits per heavy atom. The Labute approximate surface area is 95.5 Å². The van der Waals surface area contributed by atoms with Crippen LogP contribution in [0.15, 0.2) is 10.9 Å². The van der Waals surface area contributed by atoms with Gasteiger partial charge in [0.2, 0.25) is 0 Å². The van der Waals surface area contributed by atoms with Crippen molar-refractivity contribution in [3.63, 3.8) is 0 Å². The third-order valence-corrected chi connectivity index (χ3v) is 3.01. The van der Waals surface area contributed by atoms with Crippen LogP contribution in [-0.4, -0.2) is 16.5 Å². The lowest BCUT2D eigenvalue weighted by atomic mass is 10.0. The summed E-state index contributed by atoms with van der Waals surface area (Å²) < 4.78 is 0. The molecule has 1 aliphatic heterocycles. The molecule has 2 rings (SSSR count). The highest BCUT2D eigenvalue weighted by Crippen LogP contribution is 2.20. The molecular formula is C12H19N3O. The number of piperidine rings is 1. The van der Waals surface area contributed by atoms with Crippen molar-refractivity contribution < 1.29 is 0 Å². The molecule has 0 spiro atoms. The number of hydrogen-bond acceptors (Lipinski definition) is 3. The highest BCUT2D eigenvalue weighted by atomic mass is 16.1. The van der Waals surface area contributed by atoms with E-state index in [1.165, 1.54) is 12.8 Å². The van der Waals surface area contributed by atoms with Gasteiger partial charge in [0.15, 0.2) is 0 Å². The quantitative estimate of drug-likeness (QED) is 0.799. The Hall–Kier alpha value is -1.16. The topological polar surface area (TPSA) is 57.8 Å². The second kappa shape index (κ2) is 4.78. The van der Waals surface area contributed by atoms with Gasteiger partial charge in [0.25, 0.3) is 5.56 Å². The molecule has 0 radical (unpaired) electrons. The third-order valence-electron chi connectivity index (χ3n) is 3.01. The predicted octanol–water partition coefficient (Wildman–Crippen LogP) is 1.71. The molecule has 1 saturated heterocycles. The first kappa shape index (κ1) is 11.3. The Kier molecular flexibility index (Phi) is 3.39. The largest absolute Gasteiger partial charge is 0.309 e. The molecule has 1 aromatic rings. The van der Waals surface area contributed by atoms with E-state index in [9.17, 15) is 4.79 Å². The van der Waals surface area contributed by atoms with Crippen LogP contribution in [-0.2, 0) is 0 Å². The van der Waals surface area contributed by atoms with E-state index in [0.717, 1.165) is 24.5 Å². The summed E-state index contributed by atoms with van der Waals surface area (Å²) in [5.41, 5.74) is 0.840. The zero-order valence-corrected chi connectivity index (χ0v) is 9.92. The zero-order chi connectivity index (χ0) is 11.5. The third kappa shape index (κ3) is 2.50. The maximum atomic E-state index is 11.5. The van der Waals surface area contributed by atoms with Gasteiger partial charge in [0.05, 0.1) is 11.7 Å². The minimum atomic E-state index is -0.0407. The first-order valence-electron chi connectivity index (χ1n) is 6.01. The van der Waals surface area contributed by atoms with Gasteiger partial charge in [0, 0.05) is 6.07 Å². The van der Waals surface area contributed by atoms with Gasteiger partial charge in [-0.25, -0.2) is 4.98 Å². The highest BCUT2D eigenvalue weighted by Gasteiger charge is 2.17. The standard InChI is InChI=1S/C12H19N3O/c1-8(2)10-7-11(16)15-12(14-10)9-5-3-4-6-13-9/h7-9,13H,3-6H2,1-2H3,(H,14,15,16). The zero-order valence-electron chi connectivity index (χ0n) is 9.92. The first-order chi connectivity index (χ1) is 7.66. The van der Waals surface area contributed by atoms with Gasteiger partial charge in [-0.05, 0) is 25.3 Å². The van der Waals surface area contributed by atoms with Crippen LogP contribution in [0.3, 0.4) is 0 Å². The van der Waals surface area contributed by atoms with Crippen LogP contribution in [0.25, 0.3) is 0 Å². The first-order valence-corrected chi connectivity index (χ1v) is 6.01. The molecule has 0 saturated carbocycles. The summed E-state index contributed by atoms with van der Waals surface area (Å²) in [7, 11) is 0. The van der Waals surface area contributed by atoms with Crippen molar-refractivity contribution in [3.8, 4) is 0 Å². The van der Waals surface area contributed by atoms with Crippen LogP contribution in [0.4, 0.5) is 0 Å². The predicted molar refractivity (Wildman–Crippen MR) is 63.5 cm³/mol. The lowest BCUT2D eigenvalue weighted by Crippen LogP contribution is -2.30. The van der Waals surface area contributed by atoms with Crippen molar-refractivity contribution in [2.45, 2.75) is 45.1 Å². The van der Waals surface area contributed by atoms with Gasteiger partial charge in [0.1, 0.15) is 5.82 Å². The van der Waals surface area contributed by atoms with Gasteiger partial charge in [-0.1, -0.05) is 20.3 Å². The van der Waals surface area contributed by atoms with Crippen molar-refractivity contribution in [2.75, 3.05) is 6.54 Å². The Morgan fingerprint density at radius 2 is 2.25 bits per heavy atom. The van der Waals surface area contributed by atoms with Crippen LogP contribution in [0.2, 0.25) is 0 Å². The number of H-pyrrole nitrogens is 1. The number of hydrogen-bond donors (Lipinski definition) is 2. The monoisotopic (exact) mass is 221 g/mol. The number of nitrogens with one attached hydrogen (secondary N) is 2. The molecular weight excluding hydrogens is 202 g/mol. The van der Waals surface area contributed by atoms with Crippen molar-refractivity contribution in [3.05, 3.63) is 27.9 Å². The molecule has 1 atom stereocenters. The van der Waals surface area contributed by atoms with Crippen LogP contribution in [0.5, 0.6) is 0 Å². The lowest BCUT2D eigenvalue weighted by molar-refractivity contribution is 0.395. The minimum absolute atomic E-state index is 0.0407. The van der Waals surface area contributed by atoms with Gasteiger partial charge >= 0.3 is 0 Å². The Balaban J connectivity index is 2.29. The molecule has 1 aromatic heterocycles. The van der Waals surface area contributed by atoms with E-state index in [2.05, 4.69) is 29.1 Å². The summed E-state index contributed by atoms with van der Waals surface area (Å²) in [4.78, 5) is 18.9. The summed E-state index contributed by atoms with van der Waals surface area (Å²) in [6, 6.07) is 1.82. The highest BCUT2D eigenvalue weighted by molar-refractivity contribution is 5.09. The van der Waals surface area contributed by atoms with E-state index >= 15 is 0 Å². The molecule has 1 fully saturated rings. The summed E-state index contributed by atoms with van der Waals surface area (Å²) >= 11 is 0. The SMILES string of the molecule is CC(C)c1cc(=O)[nH]c(C2CCCCN2)n1. The summed E-state index contributed by atoms with van der Waals surface area (Å²) in [6.07, 6.45) is 3.47. The molecule has 2 N–H and O–H groups in total. The number of nitrogens with zero attached hydrogens (tertiary/aromatic N) is 1. The lowest BCUT2D eigenvalue weighted by Gasteiger charge is -2.23. The molecule has 4 heteroatoms. The molecule has 1 aliphatic rings. The second-order valence-electron chi connectivity index (χ2n) is 4.71. The molecule has 16 heavy (non-hydrogen) atoms. The van der Waals surface area contributed by atoms with Crippen molar-refractivity contribution in [1.29, 1.82) is 0 Å². The van der Waals surface area contributed by atoms with E-state index in [4.69, 9.17) is 0 Å². The summed E-state index contributed by atoms with van der Waals surface area (Å²) in [5.74, 6) is 1.10. The second-order valence-corrected chi connectivity index (χ2v) is 4.71. The van der Waals surface area contributed by atoms with E-state index < -0.39 is 0 Å². The molecule has 1 unspecified atom stereocenters. The van der Waals surface area contributed by atoms with E-state index in [1.807, 2.05) is 0 Å². The maximum absolute atomic E-state index is 11.5. The van der Waals surface area contributed by atoms with Crippen molar-refractivity contribution in [2.24, 2.45) is 0 Å². The molecule has 0 aromatic carbocycles. The van der Waals surface area contributed by atoms with Gasteiger partial charge in [-0.3, -0.25) is 4.79 Å². The molecule has 2 heterocycles. The fraction of sp³-hybridized carbons (Fsp3) is 0.667. The number of rotatable bonds is 2. The van der Waals surface area contributed by atoms with E-state index in [1.54, 1.807) is 6.07 Å². The average Bonchev–Trinajstić information content (AvgIpc) is 2.29. The fourth-order valence-corrected chi connectivity index (χ4v) is 2.04. The van der Waals surface area contributed by atoms with Crippen molar-refractivity contribution >= 4 is 0 Å². The average molecular weight is 221 g/mol. The minimum Gasteiger partial charge on any atom is -0.309 e. The van der Waals surface area contributed by atoms with Crippen LogP contribution < -0.4 is 10.9 Å². The van der Waals surface area contributed by atoms with Crippen LogP contribution in [0.1, 0.15) is 56.6 Å². The smallest absolute Gasteiger partial charge is 0.251 e. The fourth-order valence-electron chi connectivity index (χ4n) is 2.04. The molecule has 88 valence electrons. The van der Waals surface area contributed by atoms with Crippen molar-refractivity contribution in [1.82, 2.24) is 15.3 Å². The Morgan fingerprint density at radius 1 is 1.44 bits per heavy atom. The number of aromatic amines is 1. The van der Waals surface area contributed by atoms with E-state index in [0.29, 0.717) is 5.92 Å². The molecule has 4 nitrogen and oxygen atoms in total. The van der Waals surface area contributed by atoms with Crippen LogP contribution >= 0.6 is 0 Å². The van der Waals surface area contributed by atoms with Gasteiger partial charge < -0.3 is 10.3 Å². The van der Waals surface area contributed by atoms with Gasteiger partial charge in [-0.15, -0.1) is 0 Å². The van der Waals surface area contributed by atoms with E-state index in [-0.39, 0.29) is 11.6 Å². The van der Waals surface area contributed by atoms with Gasteiger partial charge in [-0.2, -0.15) is 0 Å². The normalized spacial score (nSPS) is 21.3. The Bertz CT molecular complexity index is 405. The maximum Gasteiger partial charge on any atom is 0.251 e. The molecule has 0 aliphatic carbocycles. The number of aromatic nitrogens is 2. The summed E-state index contributed by atoms with van der Waals surface area (Å²) in [5, 5.41) is 3.40. The molecule has 0 amide bonds. The van der Waals surface area contributed by atoms with Crippen LogP contribution in [0, 0.1) is 0 Å².